The molecule has 0 heterocycles. The second-order valence-corrected chi connectivity index (χ2v) is 33.7. The molecule has 0 radical (unpaired) electrons. The van der Waals surface area contributed by atoms with Crippen molar-refractivity contribution in [2.24, 2.45) is 0 Å². The summed E-state index contributed by atoms with van der Waals surface area (Å²) in [5, 5.41) is 7.79. The van der Waals surface area contributed by atoms with Crippen molar-refractivity contribution in [3.05, 3.63) is 0 Å². The Morgan fingerprint density at radius 1 is 0.857 bits per heavy atom. The molecule has 0 atom stereocenters. The number of hydrogen-bond acceptors (Lipinski definition) is 0. The molecule has 0 aliphatic rings. The van der Waals surface area contributed by atoms with Crippen LogP contribution < -0.4 is 0 Å². The molecule has 0 bridgehead atoms. The topological polar surface area (TPSA) is 0 Å². The van der Waals surface area contributed by atoms with Gasteiger partial charge in [-0.05, 0) is 0 Å². The van der Waals surface area contributed by atoms with Gasteiger partial charge in [0, 0.05) is 0 Å². The van der Waals surface area contributed by atoms with Gasteiger partial charge in [0.25, 0.3) is 0 Å². The number of halogens is 2. The van der Waals surface area contributed by atoms with Gasteiger partial charge < -0.3 is 0 Å². The summed E-state index contributed by atoms with van der Waals surface area (Å²) in [4.78, 5) is 0. The monoisotopic (exact) mass is 178 g/mol. The average molecular weight is 179 g/mol. The Bertz CT molecular complexity index is 68.3. The first kappa shape index (κ1) is 8.29. The summed E-state index contributed by atoms with van der Waals surface area (Å²) in [5.41, 5.74) is 0. The summed E-state index contributed by atoms with van der Waals surface area (Å²) in [6.07, 6.45) is 0. The second-order valence-electron chi connectivity index (χ2n) is 4.58. The van der Waals surface area contributed by atoms with Crippen molar-refractivity contribution < 1.29 is 11.9 Å². The van der Waals surface area contributed by atoms with Crippen molar-refractivity contribution in [1.29, 1.82) is 0 Å². The number of rotatable bonds is 0. The molecule has 0 fully saturated rings. The Kier molecular flexibility index (Phi) is 1.29. The van der Waals surface area contributed by atoms with Crippen LogP contribution in [-0.4, -0.2) is 0 Å². The van der Waals surface area contributed by atoms with Gasteiger partial charge in [0.05, 0.1) is 0 Å². The summed E-state index contributed by atoms with van der Waals surface area (Å²) < 4.78 is 0. The Labute approximate surface area is 51.4 Å². The summed E-state index contributed by atoms with van der Waals surface area (Å²) in [6.45, 7) is 0. The van der Waals surface area contributed by atoms with Gasteiger partial charge in [-0.3, -0.25) is 0 Å². The van der Waals surface area contributed by atoms with Crippen LogP contribution in [0.3, 0.4) is 0 Å². The first-order valence-corrected chi connectivity index (χ1v) is 12.9. The van der Waals surface area contributed by atoms with Crippen LogP contribution >= 0.6 is 18.6 Å². The molecule has 0 saturated carbocycles. The van der Waals surface area contributed by atoms with E-state index in [1.165, 1.54) is 0 Å². The van der Waals surface area contributed by atoms with E-state index >= 15 is 0 Å². The van der Waals surface area contributed by atoms with E-state index < -0.39 is 11.9 Å². The molecule has 0 spiro atoms. The SMILES string of the molecule is [CH3][Ti]([CH3])([CH3])([CH3])([Cl])[Cl]. The summed E-state index contributed by atoms with van der Waals surface area (Å²) >= 11 is -3.22. The van der Waals surface area contributed by atoms with E-state index in [-0.39, 0.29) is 0 Å². The first-order valence-electron chi connectivity index (χ1n) is 2.38. The minimum atomic E-state index is -3.22. The second kappa shape index (κ2) is 1.09. The Balaban J connectivity index is 4.43. The van der Waals surface area contributed by atoms with Crippen LogP contribution in [-0.2, 0) is 11.9 Å². The van der Waals surface area contributed by atoms with Gasteiger partial charge in [0.1, 0.15) is 0 Å². The predicted octanol–water partition coefficient (Wildman–Crippen LogP) is 3.71. The molecule has 0 aromatic heterocycles. The van der Waals surface area contributed by atoms with Crippen molar-refractivity contribution >= 4 is 18.6 Å². The molecular formula is C4H12Cl2Ti. The molecule has 7 heavy (non-hydrogen) atoms. The zero-order valence-corrected chi connectivity index (χ0v) is 8.33. The maximum absolute atomic E-state index is 5.99. The van der Waals surface area contributed by atoms with Crippen LogP contribution in [0, 0.1) is 0 Å². The fourth-order valence-corrected chi connectivity index (χ4v) is 0. The molecule has 0 aromatic rings. The van der Waals surface area contributed by atoms with E-state index in [2.05, 4.69) is 0 Å². The van der Waals surface area contributed by atoms with Gasteiger partial charge >= 0.3 is 51.4 Å². The molecule has 0 aromatic carbocycles. The third-order valence-electron chi connectivity index (χ3n) is 0. The molecule has 0 saturated heterocycles. The van der Waals surface area contributed by atoms with Crippen LogP contribution in [0.1, 0.15) is 0 Å². The van der Waals surface area contributed by atoms with E-state index in [0.717, 1.165) is 0 Å². The molecule has 46 valence electrons. The van der Waals surface area contributed by atoms with E-state index in [1.807, 2.05) is 20.9 Å². The van der Waals surface area contributed by atoms with Crippen LogP contribution in [0.4, 0.5) is 0 Å². The third kappa shape index (κ3) is 122. The molecule has 0 amide bonds. The van der Waals surface area contributed by atoms with E-state index in [4.69, 9.17) is 18.6 Å². The molecule has 0 nitrogen and oxygen atoms in total. The summed E-state index contributed by atoms with van der Waals surface area (Å²) in [7, 11) is 12.0. The van der Waals surface area contributed by atoms with Gasteiger partial charge in [-0.2, -0.15) is 0 Å². The molecule has 0 N–H and O–H groups in total. The van der Waals surface area contributed by atoms with Crippen molar-refractivity contribution in [3.8, 4) is 0 Å². The van der Waals surface area contributed by atoms with Crippen molar-refractivity contribution in [2.45, 2.75) is 20.9 Å². The average Bonchev–Trinajstić information content (AvgIpc) is 0.592. The van der Waals surface area contributed by atoms with Crippen molar-refractivity contribution in [1.82, 2.24) is 0 Å². The molecule has 0 aliphatic carbocycles. The van der Waals surface area contributed by atoms with Crippen LogP contribution in [0.15, 0.2) is 0 Å². The minimum absolute atomic E-state index is 1.95. The van der Waals surface area contributed by atoms with Gasteiger partial charge in [-0.1, -0.05) is 0 Å². The van der Waals surface area contributed by atoms with Crippen molar-refractivity contribution in [2.75, 3.05) is 0 Å². The standard InChI is InChI=1S/4CH3.2ClH.Ti/h4*1H3;2*1H;/q;;;;;;+2/p-2. The quantitative estimate of drug-likeness (QED) is 0.497. The number of hydrogen-bond donors (Lipinski definition) is 0. The normalized spacial score (nSPS) is 23.1. The van der Waals surface area contributed by atoms with Gasteiger partial charge in [-0.15, -0.1) is 0 Å². The Hall–Kier alpha value is 1.29. The molecule has 0 aliphatic heterocycles. The molecule has 3 heteroatoms. The third-order valence-corrected chi connectivity index (χ3v) is 0. The zero-order valence-electron chi connectivity index (χ0n) is 5.26. The molecule has 0 unspecified atom stereocenters. The predicted molar refractivity (Wildman–Crippen MR) is 35.2 cm³/mol. The molecule has 0 rings (SSSR count). The zero-order chi connectivity index (χ0) is 6.41. The van der Waals surface area contributed by atoms with E-state index in [9.17, 15) is 0 Å². The van der Waals surface area contributed by atoms with E-state index in [0.29, 0.717) is 0 Å². The Morgan fingerprint density at radius 2 is 0.857 bits per heavy atom. The van der Waals surface area contributed by atoms with E-state index in [1.54, 1.807) is 0 Å². The van der Waals surface area contributed by atoms with Crippen LogP contribution in [0.2, 0.25) is 20.9 Å². The molecular weight excluding hydrogens is 167 g/mol. The summed E-state index contributed by atoms with van der Waals surface area (Å²) in [5.74, 6) is 0. The fraction of sp³-hybridized carbons (Fsp3) is 1.00. The maximum atomic E-state index is 5.99. The van der Waals surface area contributed by atoms with Gasteiger partial charge in [-0.25, -0.2) is 0 Å². The Morgan fingerprint density at radius 3 is 0.857 bits per heavy atom. The van der Waals surface area contributed by atoms with Gasteiger partial charge in [0.15, 0.2) is 0 Å². The van der Waals surface area contributed by atoms with Crippen LogP contribution in [0.5, 0.6) is 0 Å². The first-order chi connectivity index (χ1) is 2.45. The fourth-order valence-electron chi connectivity index (χ4n) is 0. The van der Waals surface area contributed by atoms with Crippen LogP contribution in [0.25, 0.3) is 0 Å². The summed E-state index contributed by atoms with van der Waals surface area (Å²) in [6, 6.07) is 0. The van der Waals surface area contributed by atoms with Crippen molar-refractivity contribution in [3.63, 3.8) is 0 Å². The van der Waals surface area contributed by atoms with Gasteiger partial charge in [0.2, 0.25) is 0 Å².